The van der Waals surface area contributed by atoms with Crippen molar-refractivity contribution in [1.82, 2.24) is 14.7 Å². The number of carbonyl (C=O) groups excluding carboxylic acids is 3. The molecule has 0 bridgehead atoms. The van der Waals surface area contributed by atoms with Gasteiger partial charge in [-0.3, -0.25) is 14.6 Å². The fourth-order valence-electron chi connectivity index (χ4n) is 3.41. The van der Waals surface area contributed by atoms with Gasteiger partial charge in [0.25, 0.3) is 5.91 Å². The van der Waals surface area contributed by atoms with E-state index in [1.807, 2.05) is 18.2 Å². The number of benzene rings is 1. The number of amides is 1. The maximum Gasteiger partial charge on any atom is 0.340 e. The first-order chi connectivity index (χ1) is 15.6. The number of hydrogen-bond donors (Lipinski definition) is 1. The van der Waals surface area contributed by atoms with Crippen molar-refractivity contribution in [3.63, 3.8) is 0 Å². The molecule has 1 N–H and O–H groups in total. The molecule has 1 amide bonds. The van der Waals surface area contributed by atoms with E-state index in [-0.39, 0.29) is 36.1 Å². The van der Waals surface area contributed by atoms with Gasteiger partial charge in [-0.2, -0.15) is 0 Å². The molecule has 7 heteroatoms. The lowest BCUT2D eigenvalue weighted by Gasteiger charge is -2.07. The number of pyridine rings is 2. The van der Waals surface area contributed by atoms with Crippen LogP contribution in [0.2, 0.25) is 0 Å². The molecule has 0 fully saturated rings. The van der Waals surface area contributed by atoms with E-state index in [0.717, 1.165) is 0 Å². The van der Waals surface area contributed by atoms with Crippen LogP contribution in [0.4, 0.5) is 0 Å². The second kappa shape index (κ2) is 9.26. The summed E-state index contributed by atoms with van der Waals surface area (Å²) >= 11 is 0. The van der Waals surface area contributed by atoms with E-state index >= 15 is 0 Å². The molecule has 0 atom stereocenters. The first kappa shape index (κ1) is 21.0. The number of aromatic nitrogens is 2. The van der Waals surface area contributed by atoms with Crippen molar-refractivity contribution < 1.29 is 19.1 Å². The third kappa shape index (κ3) is 4.27. The van der Waals surface area contributed by atoms with Gasteiger partial charge in [-0.15, -0.1) is 0 Å². The molecule has 3 aromatic heterocycles. The van der Waals surface area contributed by atoms with Crippen molar-refractivity contribution in [3.05, 3.63) is 107 Å². The molecule has 0 unspecified atom stereocenters. The van der Waals surface area contributed by atoms with Crippen LogP contribution in [0, 0.1) is 0 Å². The van der Waals surface area contributed by atoms with Crippen molar-refractivity contribution in [3.8, 4) is 0 Å². The summed E-state index contributed by atoms with van der Waals surface area (Å²) in [5, 5.41) is 2.81. The molecule has 3 heterocycles. The smallest absolute Gasteiger partial charge is 0.340 e. The topological polar surface area (TPSA) is 89.8 Å². The Balaban J connectivity index is 1.71. The summed E-state index contributed by atoms with van der Waals surface area (Å²) < 4.78 is 6.75. The Kier molecular flexibility index (Phi) is 6.07. The van der Waals surface area contributed by atoms with Crippen LogP contribution in [0.15, 0.2) is 79.1 Å². The Hall–Kier alpha value is -4.26. The van der Waals surface area contributed by atoms with Crippen LogP contribution in [0.5, 0.6) is 0 Å². The normalized spacial score (nSPS) is 10.7. The van der Waals surface area contributed by atoms with Crippen molar-refractivity contribution in [2.45, 2.75) is 13.5 Å². The van der Waals surface area contributed by atoms with E-state index in [1.165, 1.54) is 6.07 Å². The molecular weight excluding hydrogens is 406 g/mol. The molecular formula is C25H21N3O4. The Morgan fingerprint density at radius 3 is 2.47 bits per heavy atom. The zero-order chi connectivity index (χ0) is 22.5. The number of esters is 1. The minimum atomic E-state index is -0.557. The van der Waals surface area contributed by atoms with E-state index < -0.39 is 5.97 Å². The number of nitrogens with zero attached hydrogens (tertiary/aromatic N) is 2. The van der Waals surface area contributed by atoms with E-state index in [9.17, 15) is 14.4 Å². The Bertz CT molecular complexity index is 1280. The van der Waals surface area contributed by atoms with Gasteiger partial charge in [-0.25, -0.2) is 4.79 Å². The maximum absolute atomic E-state index is 12.9. The third-order valence-electron chi connectivity index (χ3n) is 4.95. The Morgan fingerprint density at radius 2 is 1.75 bits per heavy atom. The fraction of sp³-hybridized carbons (Fsp3) is 0.120. The highest BCUT2D eigenvalue weighted by Crippen LogP contribution is 2.22. The molecule has 0 saturated carbocycles. The van der Waals surface area contributed by atoms with Crippen LogP contribution in [0.3, 0.4) is 0 Å². The summed E-state index contributed by atoms with van der Waals surface area (Å²) in [4.78, 5) is 42.5. The van der Waals surface area contributed by atoms with E-state index in [1.54, 1.807) is 66.2 Å². The van der Waals surface area contributed by atoms with Crippen LogP contribution < -0.4 is 5.32 Å². The van der Waals surface area contributed by atoms with E-state index in [0.29, 0.717) is 22.3 Å². The van der Waals surface area contributed by atoms with Crippen LogP contribution in [-0.2, 0) is 11.3 Å². The van der Waals surface area contributed by atoms with Crippen LogP contribution in [0.1, 0.15) is 49.4 Å². The molecule has 1 aromatic carbocycles. The average molecular weight is 427 g/mol. The predicted molar refractivity (Wildman–Crippen MR) is 119 cm³/mol. The van der Waals surface area contributed by atoms with Gasteiger partial charge in [0, 0.05) is 23.5 Å². The molecule has 32 heavy (non-hydrogen) atoms. The third-order valence-corrected chi connectivity index (χ3v) is 4.95. The van der Waals surface area contributed by atoms with Gasteiger partial charge in [-0.1, -0.05) is 36.4 Å². The van der Waals surface area contributed by atoms with Crippen LogP contribution in [-0.4, -0.2) is 33.7 Å². The summed E-state index contributed by atoms with van der Waals surface area (Å²) in [7, 11) is 0. The van der Waals surface area contributed by atoms with E-state index in [2.05, 4.69) is 10.3 Å². The molecule has 0 aliphatic carbocycles. The van der Waals surface area contributed by atoms with Crippen LogP contribution in [0.25, 0.3) is 5.52 Å². The first-order valence-corrected chi connectivity index (χ1v) is 10.2. The summed E-state index contributed by atoms with van der Waals surface area (Å²) in [5.41, 5.74) is 2.56. The fourth-order valence-corrected chi connectivity index (χ4v) is 3.41. The highest BCUT2D eigenvalue weighted by Gasteiger charge is 2.22. The van der Waals surface area contributed by atoms with Crippen LogP contribution >= 0.6 is 0 Å². The average Bonchev–Trinajstić information content (AvgIpc) is 3.22. The zero-order valence-corrected chi connectivity index (χ0v) is 17.4. The molecule has 0 aliphatic heterocycles. The second-order valence-electron chi connectivity index (χ2n) is 7.03. The van der Waals surface area contributed by atoms with Crippen molar-refractivity contribution in [2.24, 2.45) is 0 Å². The lowest BCUT2D eigenvalue weighted by Crippen LogP contribution is -2.24. The lowest BCUT2D eigenvalue weighted by molar-refractivity contribution is 0.0528. The zero-order valence-electron chi connectivity index (χ0n) is 17.4. The number of rotatable bonds is 7. The van der Waals surface area contributed by atoms with Gasteiger partial charge in [0.05, 0.1) is 29.9 Å². The number of carbonyl (C=O) groups is 3. The molecule has 0 saturated heterocycles. The van der Waals surface area contributed by atoms with Gasteiger partial charge in [-0.05, 0) is 37.3 Å². The summed E-state index contributed by atoms with van der Waals surface area (Å²) in [6.07, 6.45) is 3.27. The largest absolute Gasteiger partial charge is 0.462 e. The van der Waals surface area contributed by atoms with Gasteiger partial charge >= 0.3 is 5.97 Å². The highest BCUT2D eigenvalue weighted by molar-refractivity contribution is 6.11. The predicted octanol–water partition coefficient (Wildman–Crippen LogP) is 3.67. The number of fused-ring (bicyclic) bond motifs is 1. The summed E-state index contributed by atoms with van der Waals surface area (Å²) in [6.45, 7) is 2.15. The molecule has 0 aliphatic rings. The van der Waals surface area contributed by atoms with Gasteiger partial charge < -0.3 is 14.5 Å². The van der Waals surface area contributed by atoms with Gasteiger partial charge in [0.2, 0.25) is 0 Å². The Morgan fingerprint density at radius 1 is 0.969 bits per heavy atom. The number of ketones is 1. The Labute approximate surface area is 184 Å². The van der Waals surface area contributed by atoms with Crippen molar-refractivity contribution >= 4 is 23.2 Å². The lowest BCUT2D eigenvalue weighted by atomic mass is 10.0. The number of ether oxygens (including phenoxy) is 1. The quantitative estimate of drug-likeness (QED) is 0.359. The van der Waals surface area contributed by atoms with Gasteiger partial charge in [0.15, 0.2) is 5.78 Å². The monoisotopic (exact) mass is 427 g/mol. The van der Waals surface area contributed by atoms with Crippen molar-refractivity contribution in [1.29, 1.82) is 0 Å². The van der Waals surface area contributed by atoms with Gasteiger partial charge in [0.1, 0.15) is 5.69 Å². The van der Waals surface area contributed by atoms with E-state index in [4.69, 9.17) is 4.74 Å². The summed E-state index contributed by atoms with van der Waals surface area (Å²) in [5.74, 6) is -1.10. The van der Waals surface area contributed by atoms with Crippen molar-refractivity contribution in [2.75, 3.05) is 6.61 Å². The molecule has 4 rings (SSSR count). The first-order valence-electron chi connectivity index (χ1n) is 10.2. The molecule has 7 nitrogen and oxygen atoms in total. The molecule has 160 valence electrons. The molecule has 0 spiro atoms. The standard InChI is InChI=1S/C25H21N3O4/c1-2-32-25(31)20-15-22(24(30)27-16-19-10-6-7-12-26-19)28-13-11-18(14-21(20)28)23(29)17-8-4-3-5-9-17/h3-15H,2,16H2,1H3,(H,27,30). The second-order valence-corrected chi connectivity index (χ2v) is 7.03. The molecule has 4 aromatic rings. The number of hydrogen-bond acceptors (Lipinski definition) is 5. The maximum atomic E-state index is 12.9. The SMILES string of the molecule is CCOC(=O)c1cc(C(=O)NCc2ccccn2)n2ccc(C(=O)c3ccccc3)cc12. The minimum Gasteiger partial charge on any atom is -0.462 e. The summed E-state index contributed by atoms with van der Waals surface area (Å²) in [6, 6.07) is 19.0. The number of nitrogens with one attached hydrogen (secondary N) is 1. The minimum absolute atomic E-state index is 0.176. The highest BCUT2D eigenvalue weighted by atomic mass is 16.5. The molecule has 0 radical (unpaired) electrons.